The summed E-state index contributed by atoms with van der Waals surface area (Å²) in [6, 6.07) is 10.3. The van der Waals surface area contributed by atoms with Gasteiger partial charge in [0.2, 0.25) is 0 Å². The van der Waals surface area contributed by atoms with E-state index in [0.29, 0.717) is 0 Å². The van der Waals surface area contributed by atoms with Gasteiger partial charge in [0.05, 0.1) is 31.7 Å². The number of benzene rings is 1. The molecule has 1 aromatic rings. The quantitative estimate of drug-likeness (QED) is 0.269. The predicted octanol–water partition coefficient (Wildman–Crippen LogP) is -4.14. The standard InChI is InChI=1S/C9H10.2C3H6O3S.2Na/c1-2-6-9-7-4-3-5-8-9;2*1-2-3-7(4,5)6;;/h2-5,7-8H,1,6H2;2*2H,1,3H2,(H,4,5,6);;/q;;;2*+1/p-2. The van der Waals surface area contributed by atoms with Crippen molar-refractivity contribution in [3.63, 3.8) is 0 Å². The van der Waals surface area contributed by atoms with Crippen molar-refractivity contribution in [2.75, 3.05) is 11.5 Å². The van der Waals surface area contributed by atoms with Crippen molar-refractivity contribution in [1.29, 1.82) is 0 Å². The van der Waals surface area contributed by atoms with Gasteiger partial charge in [-0.15, -0.1) is 19.7 Å². The molecule has 0 aliphatic rings. The molecule has 10 heteroatoms. The zero-order valence-electron chi connectivity index (χ0n) is 14.6. The molecule has 0 unspecified atom stereocenters. The van der Waals surface area contributed by atoms with Crippen molar-refractivity contribution >= 4 is 20.2 Å². The zero-order chi connectivity index (χ0) is 18.4. The summed E-state index contributed by atoms with van der Waals surface area (Å²) in [6.07, 6.45) is 5.00. The van der Waals surface area contributed by atoms with Gasteiger partial charge < -0.3 is 9.11 Å². The van der Waals surface area contributed by atoms with Crippen LogP contribution in [0.25, 0.3) is 0 Å². The Hall–Kier alpha value is 0.260. The van der Waals surface area contributed by atoms with Crippen molar-refractivity contribution in [3.05, 3.63) is 73.9 Å². The monoisotopic (exact) mass is 406 g/mol. The Balaban J connectivity index is -0.000000129. The Labute approximate surface area is 195 Å². The first-order valence-electron chi connectivity index (χ1n) is 6.29. The number of hydrogen-bond acceptors (Lipinski definition) is 6. The Morgan fingerprint density at radius 2 is 1.12 bits per heavy atom. The van der Waals surface area contributed by atoms with E-state index in [1.165, 1.54) is 5.56 Å². The van der Waals surface area contributed by atoms with Crippen LogP contribution >= 0.6 is 0 Å². The second kappa shape index (κ2) is 19.0. The van der Waals surface area contributed by atoms with Crippen molar-refractivity contribution in [2.45, 2.75) is 6.42 Å². The largest absolute Gasteiger partial charge is 1.00 e. The summed E-state index contributed by atoms with van der Waals surface area (Å²) in [5.41, 5.74) is 1.33. The van der Waals surface area contributed by atoms with Crippen molar-refractivity contribution in [2.24, 2.45) is 0 Å². The van der Waals surface area contributed by atoms with Crippen LogP contribution in [-0.4, -0.2) is 37.4 Å². The second-order valence-corrected chi connectivity index (χ2v) is 6.90. The van der Waals surface area contributed by atoms with Crippen molar-refractivity contribution in [3.8, 4) is 0 Å². The molecule has 1 rings (SSSR count). The smallest absolute Gasteiger partial charge is 0.748 e. The van der Waals surface area contributed by atoms with E-state index >= 15 is 0 Å². The Bertz CT molecular complexity index is 633. The molecule has 0 aliphatic carbocycles. The molecule has 6 nitrogen and oxygen atoms in total. The van der Waals surface area contributed by atoms with Gasteiger partial charge in [0.15, 0.2) is 0 Å². The van der Waals surface area contributed by atoms with Crippen LogP contribution in [0, 0.1) is 0 Å². The third kappa shape index (κ3) is 32.4. The van der Waals surface area contributed by atoms with Crippen molar-refractivity contribution < 1.29 is 85.1 Å². The summed E-state index contributed by atoms with van der Waals surface area (Å²) in [5.74, 6) is -0.958. The van der Waals surface area contributed by atoms with Gasteiger partial charge in [-0.3, -0.25) is 0 Å². The normalized spacial score (nSPS) is 9.36. The molecule has 0 atom stereocenters. The van der Waals surface area contributed by atoms with E-state index in [4.69, 9.17) is 0 Å². The third-order valence-corrected chi connectivity index (χ3v) is 3.15. The van der Waals surface area contributed by atoms with E-state index < -0.39 is 31.7 Å². The fourth-order valence-corrected chi connectivity index (χ4v) is 1.65. The molecule has 0 spiro atoms. The fraction of sp³-hybridized carbons (Fsp3) is 0.200. The van der Waals surface area contributed by atoms with Crippen molar-refractivity contribution in [1.82, 2.24) is 0 Å². The van der Waals surface area contributed by atoms with Crippen LogP contribution in [0.5, 0.6) is 0 Å². The van der Waals surface area contributed by atoms with Gasteiger partial charge >= 0.3 is 59.1 Å². The molecule has 0 aromatic heterocycles. The van der Waals surface area contributed by atoms with Gasteiger partial charge in [0.25, 0.3) is 0 Å². The Morgan fingerprint density at radius 1 is 0.760 bits per heavy atom. The maximum Gasteiger partial charge on any atom is 1.00 e. The van der Waals surface area contributed by atoms with Crippen LogP contribution in [0.3, 0.4) is 0 Å². The van der Waals surface area contributed by atoms with Gasteiger partial charge in [0, 0.05) is 0 Å². The van der Waals surface area contributed by atoms with E-state index in [0.717, 1.165) is 18.6 Å². The van der Waals surface area contributed by atoms with E-state index in [-0.39, 0.29) is 59.1 Å². The number of hydrogen-bond donors (Lipinski definition) is 0. The average molecular weight is 406 g/mol. The molecule has 1 aromatic carbocycles. The van der Waals surface area contributed by atoms with Gasteiger partial charge in [-0.25, -0.2) is 16.8 Å². The number of allylic oxidation sites excluding steroid dienone is 1. The molecular weight excluding hydrogens is 386 g/mol. The first-order valence-corrected chi connectivity index (χ1v) is 9.45. The minimum absolute atomic E-state index is 0. The Morgan fingerprint density at radius 3 is 1.32 bits per heavy atom. The third-order valence-electron chi connectivity index (χ3n) is 1.87. The predicted molar refractivity (Wildman–Crippen MR) is 89.9 cm³/mol. The molecule has 0 aliphatic heterocycles. The summed E-state index contributed by atoms with van der Waals surface area (Å²) in [5, 5.41) is 0. The van der Waals surface area contributed by atoms with Crippen LogP contribution in [0.15, 0.2) is 68.3 Å². The van der Waals surface area contributed by atoms with Gasteiger partial charge in [0.1, 0.15) is 0 Å². The zero-order valence-corrected chi connectivity index (χ0v) is 20.3. The molecule has 0 bridgehead atoms. The van der Waals surface area contributed by atoms with Gasteiger partial charge in [-0.05, 0) is 12.0 Å². The molecule has 0 N–H and O–H groups in total. The van der Waals surface area contributed by atoms with Crippen LogP contribution < -0.4 is 59.1 Å². The molecule has 0 saturated heterocycles. The molecule has 25 heavy (non-hydrogen) atoms. The summed E-state index contributed by atoms with van der Waals surface area (Å²) in [6.45, 7) is 9.79. The summed E-state index contributed by atoms with van der Waals surface area (Å²) < 4.78 is 57.6. The van der Waals surface area contributed by atoms with Gasteiger partial charge in [-0.1, -0.05) is 48.6 Å². The van der Waals surface area contributed by atoms with E-state index in [9.17, 15) is 25.9 Å². The summed E-state index contributed by atoms with van der Waals surface area (Å²) in [4.78, 5) is 0. The molecule has 0 radical (unpaired) electrons. The van der Waals surface area contributed by atoms with Crippen LogP contribution in [0.4, 0.5) is 0 Å². The average Bonchev–Trinajstić information content (AvgIpc) is 2.39. The fourth-order valence-electron chi connectivity index (χ4n) is 1.07. The number of rotatable bonds is 6. The van der Waals surface area contributed by atoms with E-state index in [2.05, 4.69) is 31.9 Å². The molecule has 0 fully saturated rings. The SMILES string of the molecule is C=CCS(=O)(=O)[O-].C=CCS(=O)(=O)[O-].C=CCc1ccccc1.[Na+].[Na+]. The minimum atomic E-state index is -4.04. The second-order valence-electron chi connectivity index (χ2n) is 4.00. The summed E-state index contributed by atoms with van der Waals surface area (Å²) >= 11 is 0. The van der Waals surface area contributed by atoms with Crippen LogP contribution in [0.2, 0.25) is 0 Å². The topological polar surface area (TPSA) is 114 Å². The molecule has 0 heterocycles. The maximum atomic E-state index is 9.60. The maximum absolute atomic E-state index is 9.60. The molecule has 0 saturated carbocycles. The Kier molecular flexibility index (Phi) is 25.0. The molecular formula is C15H20Na2O6S2. The van der Waals surface area contributed by atoms with Gasteiger partial charge in [-0.2, -0.15) is 0 Å². The van der Waals surface area contributed by atoms with E-state index in [1.807, 2.05) is 24.3 Å². The van der Waals surface area contributed by atoms with E-state index in [1.54, 1.807) is 0 Å². The van der Waals surface area contributed by atoms with Crippen LogP contribution in [-0.2, 0) is 26.7 Å². The first-order chi connectivity index (χ1) is 10.6. The molecule has 130 valence electrons. The minimum Gasteiger partial charge on any atom is -0.748 e. The first kappa shape index (κ1) is 32.9. The molecule has 0 amide bonds. The summed E-state index contributed by atoms with van der Waals surface area (Å²) in [7, 11) is -8.08. The van der Waals surface area contributed by atoms with Crippen LogP contribution in [0.1, 0.15) is 5.56 Å².